The predicted octanol–water partition coefficient (Wildman–Crippen LogP) is 3.17. The van der Waals surface area contributed by atoms with Crippen LogP contribution in [0, 0.1) is 6.92 Å². The molecule has 0 saturated heterocycles. The van der Waals surface area contributed by atoms with Gasteiger partial charge in [-0.25, -0.2) is 0 Å². The van der Waals surface area contributed by atoms with E-state index in [9.17, 15) is 4.79 Å². The monoisotopic (exact) mass is 258 g/mol. The second kappa shape index (κ2) is 5.93. The van der Waals surface area contributed by atoms with Crippen LogP contribution >= 0.6 is 0 Å². The van der Waals surface area contributed by atoms with Crippen LogP contribution in [0.5, 0.6) is 0 Å². The molecule has 0 unspecified atom stereocenters. The first-order chi connectivity index (χ1) is 9.20. The normalized spacial score (nSPS) is 10.2. The van der Waals surface area contributed by atoms with E-state index in [0.717, 1.165) is 10.9 Å². The molecule has 2 aromatic rings. The Labute approximate surface area is 110 Å². The van der Waals surface area contributed by atoms with Crippen molar-refractivity contribution in [3.05, 3.63) is 46.0 Å². The zero-order valence-electron chi connectivity index (χ0n) is 10.6. The Morgan fingerprint density at radius 3 is 3.11 bits per heavy atom. The van der Waals surface area contributed by atoms with Crippen molar-refractivity contribution in [3.8, 4) is 0 Å². The van der Waals surface area contributed by atoms with Gasteiger partial charge in [-0.15, -0.1) is 0 Å². The molecule has 0 saturated carbocycles. The molecule has 6 heteroatoms. The van der Waals surface area contributed by atoms with Crippen molar-refractivity contribution < 1.29 is 9.21 Å². The lowest BCUT2D eigenvalue weighted by Crippen LogP contribution is -2.24. The molecule has 1 aromatic heterocycles. The third kappa shape index (κ3) is 3.26. The van der Waals surface area contributed by atoms with E-state index in [0.29, 0.717) is 30.9 Å². The van der Waals surface area contributed by atoms with Crippen molar-refractivity contribution in [2.75, 3.05) is 13.1 Å². The molecular formula is C13H14N4O2. The quantitative estimate of drug-likeness (QED) is 0.386. The number of amides is 1. The average Bonchev–Trinajstić information content (AvgIpc) is 2.81. The molecule has 0 atom stereocenters. The molecule has 1 N–H and O–H groups in total. The van der Waals surface area contributed by atoms with E-state index in [4.69, 9.17) is 9.95 Å². The highest BCUT2D eigenvalue weighted by Gasteiger charge is 2.11. The lowest BCUT2D eigenvalue weighted by Gasteiger charge is -2.00. The second-order valence-electron chi connectivity index (χ2n) is 4.22. The number of carbonyl (C=O) groups is 1. The zero-order valence-corrected chi connectivity index (χ0v) is 10.6. The van der Waals surface area contributed by atoms with E-state index in [1.54, 1.807) is 6.07 Å². The predicted molar refractivity (Wildman–Crippen MR) is 71.9 cm³/mol. The summed E-state index contributed by atoms with van der Waals surface area (Å²) in [5, 5.41) is 7.03. The molecule has 1 aromatic carbocycles. The maximum Gasteiger partial charge on any atom is 0.287 e. The average molecular weight is 258 g/mol. The lowest BCUT2D eigenvalue weighted by atomic mass is 10.2. The minimum Gasteiger partial charge on any atom is -0.451 e. The van der Waals surface area contributed by atoms with Crippen molar-refractivity contribution in [2.45, 2.75) is 13.3 Å². The SMILES string of the molecule is Cc1ccc2oc(C(=O)NCCCN=[N+]=[N-])cc2c1. The highest BCUT2D eigenvalue weighted by molar-refractivity contribution is 5.96. The number of rotatable bonds is 5. The van der Waals surface area contributed by atoms with E-state index in [2.05, 4.69) is 15.3 Å². The molecule has 2 rings (SSSR count). The summed E-state index contributed by atoms with van der Waals surface area (Å²) in [7, 11) is 0. The molecule has 98 valence electrons. The van der Waals surface area contributed by atoms with Gasteiger partial charge in [-0.1, -0.05) is 16.7 Å². The van der Waals surface area contributed by atoms with Crippen molar-refractivity contribution >= 4 is 16.9 Å². The summed E-state index contributed by atoms with van der Waals surface area (Å²) in [5.74, 6) is 0.0409. The number of fused-ring (bicyclic) bond motifs is 1. The van der Waals surface area contributed by atoms with Crippen LogP contribution in [0.15, 0.2) is 33.8 Å². The molecule has 0 aliphatic heterocycles. The molecule has 6 nitrogen and oxygen atoms in total. The van der Waals surface area contributed by atoms with Crippen LogP contribution in [0.1, 0.15) is 22.5 Å². The van der Waals surface area contributed by atoms with Gasteiger partial charge in [0.15, 0.2) is 5.76 Å². The van der Waals surface area contributed by atoms with Gasteiger partial charge in [0.25, 0.3) is 5.91 Å². The van der Waals surface area contributed by atoms with Gasteiger partial charge in [0.1, 0.15) is 5.58 Å². The summed E-state index contributed by atoms with van der Waals surface area (Å²) in [6, 6.07) is 7.48. The summed E-state index contributed by atoms with van der Waals surface area (Å²) >= 11 is 0. The van der Waals surface area contributed by atoms with Crippen LogP contribution in [-0.2, 0) is 0 Å². The van der Waals surface area contributed by atoms with Gasteiger partial charge in [0.05, 0.1) is 0 Å². The molecule has 19 heavy (non-hydrogen) atoms. The Morgan fingerprint density at radius 1 is 1.47 bits per heavy atom. The zero-order chi connectivity index (χ0) is 13.7. The van der Waals surface area contributed by atoms with Gasteiger partial charge >= 0.3 is 0 Å². The standard InChI is InChI=1S/C13H14N4O2/c1-9-3-4-11-10(7-9)8-12(19-11)13(18)15-5-2-6-16-17-14/h3-4,7-8H,2,5-6H2,1H3,(H,15,18). The summed E-state index contributed by atoms with van der Waals surface area (Å²) in [5.41, 5.74) is 9.93. The van der Waals surface area contributed by atoms with Gasteiger partial charge in [-0.05, 0) is 37.1 Å². The number of nitrogens with one attached hydrogen (secondary N) is 1. The Morgan fingerprint density at radius 2 is 2.32 bits per heavy atom. The molecule has 0 radical (unpaired) electrons. The number of aryl methyl sites for hydroxylation is 1. The van der Waals surface area contributed by atoms with Crippen molar-refractivity contribution in [2.24, 2.45) is 5.11 Å². The van der Waals surface area contributed by atoms with Crippen molar-refractivity contribution in [3.63, 3.8) is 0 Å². The van der Waals surface area contributed by atoms with Crippen molar-refractivity contribution in [1.29, 1.82) is 0 Å². The van der Waals surface area contributed by atoms with Crippen LogP contribution in [0.3, 0.4) is 0 Å². The Balaban J connectivity index is 1.99. The largest absolute Gasteiger partial charge is 0.451 e. The molecule has 0 spiro atoms. The number of nitrogens with zero attached hydrogens (tertiary/aromatic N) is 3. The highest BCUT2D eigenvalue weighted by atomic mass is 16.3. The maximum absolute atomic E-state index is 11.8. The first-order valence-corrected chi connectivity index (χ1v) is 6.00. The first kappa shape index (κ1) is 13.0. The summed E-state index contributed by atoms with van der Waals surface area (Å²) in [6.07, 6.45) is 0.606. The van der Waals surface area contributed by atoms with Crippen LogP contribution < -0.4 is 5.32 Å². The van der Waals surface area contributed by atoms with E-state index in [1.807, 2.05) is 25.1 Å². The van der Waals surface area contributed by atoms with Crippen LogP contribution in [-0.4, -0.2) is 19.0 Å². The molecule has 0 bridgehead atoms. The van der Waals surface area contributed by atoms with E-state index >= 15 is 0 Å². The van der Waals surface area contributed by atoms with Gasteiger partial charge in [0.2, 0.25) is 0 Å². The van der Waals surface area contributed by atoms with Crippen molar-refractivity contribution in [1.82, 2.24) is 5.32 Å². The third-order valence-electron chi connectivity index (χ3n) is 2.68. The van der Waals surface area contributed by atoms with Gasteiger partial charge < -0.3 is 9.73 Å². The summed E-state index contributed by atoms with van der Waals surface area (Å²) < 4.78 is 5.47. The van der Waals surface area contributed by atoms with Crippen LogP contribution in [0.25, 0.3) is 21.4 Å². The highest BCUT2D eigenvalue weighted by Crippen LogP contribution is 2.20. The first-order valence-electron chi connectivity index (χ1n) is 6.00. The fraction of sp³-hybridized carbons (Fsp3) is 0.308. The van der Waals surface area contributed by atoms with E-state index in [-0.39, 0.29) is 5.91 Å². The molecule has 0 aliphatic carbocycles. The fourth-order valence-corrected chi connectivity index (χ4v) is 1.76. The van der Waals surface area contributed by atoms with Gasteiger partial charge in [-0.2, -0.15) is 0 Å². The molecule has 1 heterocycles. The van der Waals surface area contributed by atoms with Gasteiger partial charge in [0, 0.05) is 23.4 Å². The number of hydrogen-bond donors (Lipinski definition) is 1. The lowest BCUT2D eigenvalue weighted by molar-refractivity contribution is 0.0928. The topological polar surface area (TPSA) is 91.0 Å². The molecule has 0 fully saturated rings. The second-order valence-corrected chi connectivity index (χ2v) is 4.22. The smallest absolute Gasteiger partial charge is 0.287 e. The Kier molecular flexibility index (Phi) is 4.05. The summed E-state index contributed by atoms with van der Waals surface area (Å²) in [6.45, 7) is 2.81. The Hall–Kier alpha value is -2.46. The van der Waals surface area contributed by atoms with Gasteiger partial charge in [-0.3, -0.25) is 4.79 Å². The Bertz CT molecular complexity index is 641. The number of carbonyl (C=O) groups excluding carboxylic acids is 1. The molecule has 0 aliphatic rings. The number of azide groups is 1. The molecular weight excluding hydrogens is 244 g/mol. The third-order valence-corrected chi connectivity index (χ3v) is 2.68. The number of hydrogen-bond acceptors (Lipinski definition) is 3. The molecule has 1 amide bonds. The number of benzene rings is 1. The minimum absolute atomic E-state index is 0.255. The maximum atomic E-state index is 11.8. The van der Waals surface area contributed by atoms with Crippen LogP contribution in [0.4, 0.5) is 0 Å². The summed E-state index contributed by atoms with van der Waals surface area (Å²) in [4.78, 5) is 14.5. The minimum atomic E-state index is -0.255. The van der Waals surface area contributed by atoms with Crippen LogP contribution in [0.2, 0.25) is 0 Å². The fourth-order valence-electron chi connectivity index (χ4n) is 1.76. The van der Waals surface area contributed by atoms with E-state index < -0.39 is 0 Å². The van der Waals surface area contributed by atoms with E-state index in [1.165, 1.54) is 0 Å². The number of furan rings is 1.